The van der Waals surface area contributed by atoms with Crippen LogP contribution in [0.2, 0.25) is 0 Å². The van der Waals surface area contributed by atoms with Crippen molar-refractivity contribution in [2.75, 3.05) is 11.9 Å². The normalized spacial score (nSPS) is 14.8. The zero-order valence-electron chi connectivity index (χ0n) is 9.29. The van der Waals surface area contributed by atoms with Crippen LogP contribution >= 0.6 is 0 Å². The number of aliphatic hydroxyl groups excluding tert-OH is 1. The molecule has 0 aliphatic rings. The maximum Gasteiger partial charge on any atom is 0.348 e. The Morgan fingerprint density at radius 1 is 1.71 bits per heavy atom. The van der Waals surface area contributed by atoms with E-state index in [2.05, 4.69) is 20.5 Å². The number of hydrogen-bond donors (Lipinski definition) is 4. The molecule has 0 saturated heterocycles. The lowest BCUT2D eigenvalue weighted by Gasteiger charge is -2.15. The second kappa shape index (κ2) is 4.52. The first-order valence-electron chi connectivity index (χ1n) is 5.18. The Morgan fingerprint density at radius 2 is 2.47 bits per heavy atom. The van der Waals surface area contributed by atoms with Crippen LogP contribution in [0.15, 0.2) is 17.2 Å². The van der Waals surface area contributed by atoms with Gasteiger partial charge in [0, 0.05) is 18.7 Å². The van der Waals surface area contributed by atoms with Gasteiger partial charge in [-0.25, -0.2) is 19.3 Å². The molecule has 2 aromatic heterocycles. The van der Waals surface area contributed by atoms with E-state index in [-0.39, 0.29) is 11.7 Å². The Kier molecular flexibility index (Phi) is 3.07. The van der Waals surface area contributed by atoms with E-state index < -0.39 is 6.10 Å². The van der Waals surface area contributed by atoms with Gasteiger partial charge in [0.15, 0.2) is 5.65 Å². The average Bonchev–Trinajstić information content (AvgIpc) is 2.67. The van der Waals surface area contributed by atoms with E-state index in [9.17, 15) is 9.90 Å². The monoisotopic (exact) mass is 238 g/mol. The highest BCUT2D eigenvalue weighted by atomic mass is 16.3. The van der Waals surface area contributed by atoms with Crippen molar-refractivity contribution in [3.05, 3.63) is 22.9 Å². The van der Waals surface area contributed by atoms with Crippen molar-refractivity contribution in [2.24, 2.45) is 5.73 Å². The van der Waals surface area contributed by atoms with Crippen LogP contribution in [0, 0.1) is 0 Å². The van der Waals surface area contributed by atoms with Crippen molar-refractivity contribution >= 4 is 11.5 Å². The molecule has 0 fully saturated rings. The molecular formula is C9H14N6O2. The zero-order valence-corrected chi connectivity index (χ0v) is 9.29. The number of rotatable bonds is 4. The van der Waals surface area contributed by atoms with E-state index in [0.717, 1.165) is 0 Å². The standard InChI is InChI=1S/C9H14N6O2/c1-5(16)6(10)3-11-7-2-8-13-14-9(17)15(8)4-12-7/h2,4-6,11,16H,3,10H2,1H3,(H,14,17). The van der Waals surface area contributed by atoms with Crippen molar-refractivity contribution in [3.63, 3.8) is 0 Å². The summed E-state index contributed by atoms with van der Waals surface area (Å²) in [5, 5.41) is 18.3. The van der Waals surface area contributed by atoms with Crippen molar-refractivity contribution < 1.29 is 5.11 Å². The fraction of sp³-hybridized carbons (Fsp3) is 0.444. The van der Waals surface area contributed by atoms with E-state index in [1.807, 2.05) is 0 Å². The Labute approximate surface area is 96.5 Å². The number of nitrogens with zero attached hydrogens (tertiary/aromatic N) is 3. The summed E-state index contributed by atoms with van der Waals surface area (Å²) in [5.74, 6) is 0.549. The average molecular weight is 238 g/mol. The summed E-state index contributed by atoms with van der Waals surface area (Å²) < 4.78 is 1.29. The van der Waals surface area contributed by atoms with Gasteiger partial charge in [0.1, 0.15) is 12.1 Å². The first-order valence-corrected chi connectivity index (χ1v) is 5.18. The first-order chi connectivity index (χ1) is 8.08. The molecule has 2 rings (SSSR count). The van der Waals surface area contributed by atoms with Gasteiger partial charge in [-0.2, -0.15) is 5.10 Å². The number of H-pyrrole nitrogens is 1. The van der Waals surface area contributed by atoms with Crippen LogP contribution in [0.25, 0.3) is 5.65 Å². The summed E-state index contributed by atoms with van der Waals surface area (Å²) in [7, 11) is 0. The summed E-state index contributed by atoms with van der Waals surface area (Å²) in [6.45, 7) is 2.01. The summed E-state index contributed by atoms with van der Waals surface area (Å²) in [5.41, 5.74) is 5.80. The Balaban J connectivity index is 2.12. The van der Waals surface area contributed by atoms with Gasteiger partial charge in [0.05, 0.1) is 6.10 Å². The molecule has 0 aliphatic heterocycles. The third-order valence-electron chi connectivity index (χ3n) is 2.45. The molecule has 0 aliphatic carbocycles. The minimum atomic E-state index is -0.598. The topological polar surface area (TPSA) is 121 Å². The lowest BCUT2D eigenvalue weighted by molar-refractivity contribution is 0.168. The Hall–Kier alpha value is -1.93. The summed E-state index contributed by atoms with van der Waals surface area (Å²) in [4.78, 5) is 15.2. The Bertz CT molecular complexity index is 560. The molecule has 2 heterocycles. The van der Waals surface area contributed by atoms with Crippen LogP contribution in [-0.4, -0.2) is 43.4 Å². The molecule has 0 bridgehead atoms. The number of aromatic amines is 1. The van der Waals surface area contributed by atoms with Gasteiger partial charge >= 0.3 is 5.69 Å². The lowest BCUT2D eigenvalue weighted by Crippen LogP contribution is -2.38. The van der Waals surface area contributed by atoms with Gasteiger partial charge in [0.25, 0.3) is 0 Å². The van der Waals surface area contributed by atoms with Crippen molar-refractivity contribution in [1.29, 1.82) is 0 Å². The molecule has 92 valence electrons. The minimum absolute atomic E-state index is 0.334. The molecule has 17 heavy (non-hydrogen) atoms. The van der Waals surface area contributed by atoms with Gasteiger partial charge in [-0.15, -0.1) is 0 Å². The summed E-state index contributed by atoms with van der Waals surface area (Å²) in [6, 6.07) is 1.24. The zero-order chi connectivity index (χ0) is 12.4. The van der Waals surface area contributed by atoms with Crippen LogP contribution in [0.3, 0.4) is 0 Å². The molecule has 2 aromatic rings. The van der Waals surface area contributed by atoms with Crippen LogP contribution < -0.4 is 16.7 Å². The van der Waals surface area contributed by atoms with E-state index in [1.165, 1.54) is 10.7 Å². The minimum Gasteiger partial charge on any atom is -0.392 e. The van der Waals surface area contributed by atoms with E-state index in [4.69, 9.17) is 5.73 Å². The maximum absolute atomic E-state index is 11.2. The molecule has 0 amide bonds. The van der Waals surface area contributed by atoms with E-state index >= 15 is 0 Å². The van der Waals surface area contributed by atoms with Crippen LogP contribution in [-0.2, 0) is 0 Å². The van der Waals surface area contributed by atoms with Gasteiger partial charge in [-0.05, 0) is 6.92 Å². The number of aromatic nitrogens is 4. The molecule has 5 N–H and O–H groups in total. The SMILES string of the molecule is CC(O)C(N)CNc1cc2n[nH]c(=O)n2cn1. The van der Waals surface area contributed by atoms with E-state index in [1.54, 1.807) is 13.0 Å². The smallest absolute Gasteiger partial charge is 0.348 e. The van der Waals surface area contributed by atoms with Gasteiger partial charge in [0.2, 0.25) is 0 Å². The number of aliphatic hydroxyl groups is 1. The third kappa shape index (κ3) is 2.43. The predicted molar refractivity (Wildman–Crippen MR) is 61.8 cm³/mol. The number of anilines is 1. The molecule has 2 atom stereocenters. The van der Waals surface area contributed by atoms with Gasteiger partial charge in [-0.3, -0.25) is 0 Å². The number of hydrogen-bond acceptors (Lipinski definition) is 6. The first kappa shape index (κ1) is 11.6. The lowest BCUT2D eigenvalue weighted by atomic mass is 10.2. The number of fused-ring (bicyclic) bond motifs is 1. The molecular weight excluding hydrogens is 224 g/mol. The molecule has 2 unspecified atom stereocenters. The van der Waals surface area contributed by atoms with Gasteiger partial charge < -0.3 is 16.2 Å². The second-order valence-electron chi connectivity index (χ2n) is 3.82. The second-order valence-corrected chi connectivity index (χ2v) is 3.82. The summed E-state index contributed by atoms with van der Waals surface area (Å²) in [6.07, 6.45) is 0.774. The fourth-order valence-electron chi connectivity index (χ4n) is 1.30. The molecule has 0 saturated carbocycles. The van der Waals surface area contributed by atoms with Crippen LogP contribution in [0.5, 0.6) is 0 Å². The van der Waals surface area contributed by atoms with Crippen molar-refractivity contribution in [2.45, 2.75) is 19.1 Å². The molecule has 0 aromatic carbocycles. The molecule has 8 heteroatoms. The van der Waals surface area contributed by atoms with E-state index in [0.29, 0.717) is 18.0 Å². The highest BCUT2D eigenvalue weighted by Gasteiger charge is 2.09. The number of nitrogens with two attached hydrogens (primary N) is 1. The Morgan fingerprint density at radius 3 is 3.18 bits per heavy atom. The third-order valence-corrected chi connectivity index (χ3v) is 2.45. The summed E-state index contributed by atoms with van der Waals surface area (Å²) >= 11 is 0. The van der Waals surface area contributed by atoms with Gasteiger partial charge in [-0.1, -0.05) is 0 Å². The predicted octanol–water partition coefficient (Wildman–Crippen LogP) is -1.46. The maximum atomic E-state index is 11.2. The van der Waals surface area contributed by atoms with Crippen molar-refractivity contribution in [3.8, 4) is 0 Å². The highest BCUT2D eigenvalue weighted by Crippen LogP contribution is 2.04. The van der Waals surface area contributed by atoms with Crippen LogP contribution in [0.1, 0.15) is 6.92 Å². The fourth-order valence-corrected chi connectivity index (χ4v) is 1.30. The number of nitrogens with one attached hydrogen (secondary N) is 2. The highest BCUT2D eigenvalue weighted by molar-refractivity contribution is 5.48. The van der Waals surface area contributed by atoms with Crippen molar-refractivity contribution in [1.82, 2.24) is 19.6 Å². The molecule has 0 spiro atoms. The molecule has 8 nitrogen and oxygen atoms in total. The van der Waals surface area contributed by atoms with Crippen LogP contribution in [0.4, 0.5) is 5.82 Å². The quantitative estimate of drug-likeness (QED) is 0.516. The largest absolute Gasteiger partial charge is 0.392 e. The molecule has 0 radical (unpaired) electrons.